The van der Waals surface area contributed by atoms with E-state index >= 15 is 0 Å². The van der Waals surface area contributed by atoms with Gasteiger partial charge >= 0.3 is 0 Å². The summed E-state index contributed by atoms with van der Waals surface area (Å²) < 4.78 is 5.41. The molecule has 21 heavy (non-hydrogen) atoms. The third-order valence-electron chi connectivity index (χ3n) is 3.48. The maximum absolute atomic E-state index is 9.71. The Morgan fingerprint density at radius 1 is 1.19 bits per heavy atom. The van der Waals surface area contributed by atoms with E-state index in [0.717, 1.165) is 12.1 Å². The van der Waals surface area contributed by atoms with Crippen molar-refractivity contribution in [1.29, 1.82) is 0 Å². The maximum atomic E-state index is 9.71. The van der Waals surface area contributed by atoms with Crippen LogP contribution >= 0.6 is 0 Å². The lowest BCUT2D eigenvalue weighted by atomic mass is 10.1. The maximum Gasteiger partial charge on any atom is 0.161 e. The molecule has 3 nitrogen and oxygen atoms in total. The molecule has 0 spiro atoms. The van der Waals surface area contributed by atoms with Crippen molar-refractivity contribution in [2.24, 2.45) is 0 Å². The smallest absolute Gasteiger partial charge is 0.161 e. The molecule has 0 unspecified atom stereocenters. The van der Waals surface area contributed by atoms with Crippen molar-refractivity contribution in [2.75, 3.05) is 6.61 Å². The predicted octanol–water partition coefficient (Wildman–Crippen LogP) is 3.95. The van der Waals surface area contributed by atoms with Gasteiger partial charge in [-0.25, -0.2) is 0 Å². The first-order valence-electron chi connectivity index (χ1n) is 7.34. The molecule has 0 saturated heterocycles. The fraction of sp³-hybridized carbons (Fsp3) is 0.333. The zero-order chi connectivity index (χ0) is 15.2. The average Bonchev–Trinajstić information content (AvgIpc) is 2.48. The lowest BCUT2D eigenvalue weighted by molar-refractivity contribution is 0.317. The van der Waals surface area contributed by atoms with Crippen LogP contribution in [0, 0.1) is 6.92 Å². The molecule has 0 saturated carbocycles. The number of ether oxygens (including phenoxy) is 1. The van der Waals surface area contributed by atoms with Crippen molar-refractivity contribution in [3.05, 3.63) is 59.2 Å². The second-order valence-electron chi connectivity index (χ2n) is 5.25. The highest BCUT2D eigenvalue weighted by Crippen LogP contribution is 2.27. The van der Waals surface area contributed by atoms with Gasteiger partial charge in [-0.2, -0.15) is 0 Å². The van der Waals surface area contributed by atoms with E-state index in [1.54, 1.807) is 6.07 Å². The van der Waals surface area contributed by atoms with Crippen molar-refractivity contribution >= 4 is 0 Å². The molecule has 3 heteroatoms. The quantitative estimate of drug-likeness (QED) is 0.844. The van der Waals surface area contributed by atoms with Gasteiger partial charge in [0.15, 0.2) is 11.5 Å². The van der Waals surface area contributed by atoms with Gasteiger partial charge in [0.25, 0.3) is 0 Å². The van der Waals surface area contributed by atoms with Crippen molar-refractivity contribution in [2.45, 2.75) is 33.4 Å². The molecular weight excluding hydrogens is 262 g/mol. The first-order chi connectivity index (χ1) is 10.1. The number of phenolic OH excluding ortho intramolecular Hbond substituents is 1. The standard InChI is InChI=1S/C18H23NO2/c1-4-21-18-11-15(8-9-17(18)20)12-19-14(3)16-7-5-6-13(2)10-16/h5-11,14,19-20H,4,12H2,1-3H3/t14-/m1/s1. The molecule has 2 aromatic rings. The second kappa shape index (κ2) is 7.14. The number of nitrogens with one attached hydrogen (secondary N) is 1. The fourth-order valence-corrected chi connectivity index (χ4v) is 2.27. The van der Waals surface area contributed by atoms with Gasteiger partial charge in [0.05, 0.1) is 6.61 Å². The van der Waals surface area contributed by atoms with Crippen LogP contribution in [0.1, 0.15) is 36.6 Å². The summed E-state index contributed by atoms with van der Waals surface area (Å²) in [5, 5.41) is 13.2. The number of phenols is 1. The molecule has 0 aromatic heterocycles. The predicted molar refractivity (Wildman–Crippen MR) is 85.7 cm³/mol. The Morgan fingerprint density at radius 3 is 2.71 bits per heavy atom. The van der Waals surface area contributed by atoms with E-state index in [1.165, 1.54) is 11.1 Å². The van der Waals surface area contributed by atoms with Gasteiger partial charge in [0.2, 0.25) is 0 Å². The SMILES string of the molecule is CCOc1cc(CN[C@H](C)c2cccc(C)c2)ccc1O. The molecule has 0 aliphatic heterocycles. The van der Waals surface area contributed by atoms with Crippen LogP contribution in [0.4, 0.5) is 0 Å². The van der Waals surface area contributed by atoms with Crippen molar-refractivity contribution in [3.8, 4) is 11.5 Å². The lowest BCUT2D eigenvalue weighted by Gasteiger charge is -2.15. The molecular formula is C18H23NO2. The Morgan fingerprint density at radius 2 is 2.00 bits per heavy atom. The highest BCUT2D eigenvalue weighted by atomic mass is 16.5. The molecule has 0 bridgehead atoms. The van der Waals surface area contributed by atoms with Gasteiger partial charge in [0.1, 0.15) is 0 Å². The Labute approximate surface area is 126 Å². The largest absolute Gasteiger partial charge is 0.504 e. The topological polar surface area (TPSA) is 41.5 Å². The second-order valence-corrected chi connectivity index (χ2v) is 5.25. The third kappa shape index (κ3) is 4.23. The first kappa shape index (κ1) is 15.4. The van der Waals surface area contributed by atoms with Crippen LogP contribution in [-0.2, 0) is 6.54 Å². The summed E-state index contributed by atoms with van der Waals surface area (Å²) in [5.74, 6) is 0.729. The summed E-state index contributed by atoms with van der Waals surface area (Å²) in [5.41, 5.74) is 3.64. The van der Waals surface area contributed by atoms with Crippen LogP contribution < -0.4 is 10.1 Å². The molecule has 1 atom stereocenters. The number of hydrogen-bond donors (Lipinski definition) is 2. The Balaban J connectivity index is 2.01. The number of aryl methyl sites for hydroxylation is 1. The molecule has 2 aromatic carbocycles. The summed E-state index contributed by atoms with van der Waals surface area (Å²) >= 11 is 0. The number of benzene rings is 2. The van der Waals surface area contributed by atoms with Crippen LogP contribution in [0.2, 0.25) is 0 Å². The average molecular weight is 285 g/mol. The number of hydrogen-bond acceptors (Lipinski definition) is 3. The van der Waals surface area contributed by atoms with Gasteiger partial charge in [-0.1, -0.05) is 35.9 Å². The molecule has 0 fully saturated rings. The van der Waals surface area contributed by atoms with Crippen LogP contribution in [-0.4, -0.2) is 11.7 Å². The van der Waals surface area contributed by atoms with Gasteiger partial charge in [-0.15, -0.1) is 0 Å². The lowest BCUT2D eigenvalue weighted by Crippen LogP contribution is -2.18. The Hall–Kier alpha value is -2.00. The Bertz CT molecular complexity index is 596. The van der Waals surface area contributed by atoms with Crippen LogP contribution in [0.15, 0.2) is 42.5 Å². The normalized spacial score (nSPS) is 12.1. The van der Waals surface area contributed by atoms with E-state index in [4.69, 9.17) is 4.74 Å². The summed E-state index contributed by atoms with van der Waals surface area (Å²) in [6, 6.07) is 14.3. The van der Waals surface area contributed by atoms with Gasteiger partial charge in [-0.3, -0.25) is 0 Å². The molecule has 0 aliphatic rings. The molecule has 2 rings (SSSR count). The fourth-order valence-electron chi connectivity index (χ4n) is 2.27. The molecule has 2 N–H and O–H groups in total. The summed E-state index contributed by atoms with van der Waals surface area (Å²) in [6.07, 6.45) is 0. The van der Waals surface area contributed by atoms with Crippen LogP contribution in [0.3, 0.4) is 0 Å². The van der Waals surface area contributed by atoms with E-state index < -0.39 is 0 Å². The summed E-state index contributed by atoms with van der Waals surface area (Å²) in [6.45, 7) is 7.44. The minimum absolute atomic E-state index is 0.187. The molecule has 0 radical (unpaired) electrons. The third-order valence-corrected chi connectivity index (χ3v) is 3.48. The molecule has 0 amide bonds. The van der Waals surface area contributed by atoms with Crippen LogP contribution in [0.5, 0.6) is 11.5 Å². The van der Waals surface area contributed by atoms with Crippen molar-refractivity contribution < 1.29 is 9.84 Å². The van der Waals surface area contributed by atoms with E-state index in [-0.39, 0.29) is 11.8 Å². The highest BCUT2D eigenvalue weighted by molar-refractivity contribution is 5.41. The monoisotopic (exact) mass is 285 g/mol. The number of rotatable bonds is 6. The van der Waals surface area contributed by atoms with E-state index in [0.29, 0.717) is 12.4 Å². The minimum Gasteiger partial charge on any atom is -0.504 e. The zero-order valence-electron chi connectivity index (χ0n) is 12.9. The highest BCUT2D eigenvalue weighted by Gasteiger charge is 2.07. The Kier molecular flexibility index (Phi) is 5.23. The van der Waals surface area contributed by atoms with E-state index in [1.807, 2.05) is 19.1 Å². The van der Waals surface area contributed by atoms with Gasteiger partial charge < -0.3 is 15.2 Å². The van der Waals surface area contributed by atoms with E-state index in [9.17, 15) is 5.11 Å². The minimum atomic E-state index is 0.187. The summed E-state index contributed by atoms with van der Waals surface area (Å²) in [7, 11) is 0. The molecule has 0 heterocycles. The van der Waals surface area contributed by atoms with Crippen molar-refractivity contribution in [1.82, 2.24) is 5.32 Å². The zero-order valence-corrected chi connectivity index (χ0v) is 12.9. The van der Waals surface area contributed by atoms with Gasteiger partial charge in [-0.05, 0) is 44.0 Å². The van der Waals surface area contributed by atoms with E-state index in [2.05, 4.69) is 43.4 Å². The van der Waals surface area contributed by atoms with Crippen molar-refractivity contribution in [3.63, 3.8) is 0 Å². The molecule has 0 aliphatic carbocycles. The number of aromatic hydroxyl groups is 1. The molecule has 112 valence electrons. The van der Waals surface area contributed by atoms with Gasteiger partial charge in [0, 0.05) is 12.6 Å². The summed E-state index contributed by atoms with van der Waals surface area (Å²) in [4.78, 5) is 0. The van der Waals surface area contributed by atoms with Crippen LogP contribution in [0.25, 0.3) is 0 Å². The first-order valence-corrected chi connectivity index (χ1v) is 7.34.